The van der Waals surface area contributed by atoms with Crippen LogP contribution in [0, 0.1) is 6.92 Å². The van der Waals surface area contributed by atoms with Crippen molar-refractivity contribution < 1.29 is 31.4 Å². The molecule has 1 spiro atoms. The van der Waals surface area contributed by atoms with Crippen molar-refractivity contribution in [1.82, 2.24) is 24.3 Å². The second-order valence-electron chi connectivity index (χ2n) is 10.5. The van der Waals surface area contributed by atoms with Gasteiger partial charge in [-0.2, -0.15) is 4.31 Å². The predicted molar refractivity (Wildman–Crippen MR) is 153 cm³/mol. The highest BCUT2D eigenvalue weighted by Gasteiger charge is 2.44. The van der Waals surface area contributed by atoms with Crippen molar-refractivity contribution >= 4 is 42.7 Å². The molecule has 2 fully saturated rings. The van der Waals surface area contributed by atoms with E-state index in [1.165, 1.54) is 29.7 Å². The maximum Gasteiger partial charge on any atom is 0.244 e. The fourth-order valence-electron chi connectivity index (χ4n) is 5.30. The first kappa shape index (κ1) is 30.2. The first-order chi connectivity index (χ1) is 19.4. The summed E-state index contributed by atoms with van der Waals surface area (Å²) in [6.07, 6.45) is 2.34. The molecule has 0 aliphatic carbocycles. The van der Waals surface area contributed by atoms with Crippen LogP contribution in [-0.2, 0) is 24.8 Å². The Kier molecular flexibility index (Phi) is 8.66. The van der Waals surface area contributed by atoms with Gasteiger partial charge in [-0.25, -0.2) is 26.5 Å². The third-order valence-corrected chi connectivity index (χ3v) is 11.4. The van der Waals surface area contributed by atoms with Crippen molar-refractivity contribution in [3.63, 3.8) is 0 Å². The summed E-state index contributed by atoms with van der Waals surface area (Å²) in [7, 11) is -6.00. The topological polar surface area (TPSA) is 163 Å². The molecule has 2 aromatic heterocycles. The highest BCUT2D eigenvalue weighted by Crippen LogP contribution is 2.38. The number of aromatic nitrogens is 2. The van der Waals surface area contributed by atoms with E-state index in [1.807, 2.05) is 6.92 Å². The summed E-state index contributed by atoms with van der Waals surface area (Å²) in [5.41, 5.74) is 0.860. The fourth-order valence-corrected chi connectivity index (χ4v) is 7.67. The van der Waals surface area contributed by atoms with Gasteiger partial charge in [0.05, 0.1) is 22.1 Å². The second-order valence-corrected chi connectivity index (χ2v) is 14.7. The Bertz CT molecular complexity index is 1620. The number of hydrogen-bond donors (Lipinski definition) is 4. The molecule has 0 saturated carbocycles. The van der Waals surface area contributed by atoms with E-state index >= 15 is 0 Å². The van der Waals surface area contributed by atoms with Gasteiger partial charge in [0.15, 0.2) is 0 Å². The number of H-pyrrole nitrogens is 1. The lowest BCUT2D eigenvalue weighted by Crippen LogP contribution is -2.47. The smallest absolute Gasteiger partial charge is 0.244 e. The molecule has 4 heterocycles. The van der Waals surface area contributed by atoms with Gasteiger partial charge >= 0.3 is 0 Å². The third kappa shape index (κ3) is 6.39. The molecule has 2 saturated heterocycles. The number of halogens is 1. The van der Waals surface area contributed by atoms with Crippen molar-refractivity contribution in [3.8, 4) is 5.75 Å². The van der Waals surface area contributed by atoms with Crippen molar-refractivity contribution in [2.24, 2.45) is 0 Å². The number of sulfonamides is 2. The number of aromatic amines is 1. The monoisotopic (exact) mass is 627 g/mol. The highest BCUT2D eigenvalue weighted by atomic mass is 35.5. The van der Waals surface area contributed by atoms with E-state index in [4.69, 9.17) is 21.1 Å². The zero-order valence-corrected chi connectivity index (χ0v) is 25.2. The largest absolute Gasteiger partial charge is 0.491 e. The van der Waals surface area contributed by atoms with Gasteiger partial charge in [-0.3, -0.25) is 0 Å². The van der Waals surface area contributed by atoms with Crippen LogP contribution in [0.5, 0.6) is 5.75 Å². The molecule has 0 amide bonds. The molecule has 224 valence electrons. The highest BCUT2D eigenvalue weighted by molar-refractivity contribution is 7.89. The molecule has 2 unspecified atom stereocenters. The van der Waals surface area contributed by atoms with Gasteiger partial charge in [-0.1, -0.05) is 17.7 Å². The molecular formula is C26H34ClN5O7S2. The predicted octanol–water partition coefficient (Wildman–Crippen LogP) is 1.77. The van der Waals surface area contributed by atoms with Crippen LogP contribution in [0.15, 0.2) is 46.3 Å². The summed E-state index contributed by atoms with van der Waals surface area (Å²) < 4.78 is 66.1. The van der Waals surface area contributed by atoms with Gasteiger partial charge in [-0.15, -0.1) is 0 Å². The molecule has 2 aliphatic heterocycles. The van der Waals surface area contributed by atoms with Crippen LogP contribution in [0.2, 0.25) is 5.02 Å². The number of hydrogen-bond acceptors (Lipinski definition) is 9. The molecule has 12 nitrogen and oxygen atoms in total. The molecule has 41 heavy (non-hydrogen) atoms. The van der Waals surface area contributed by atoms with E-state index in [9.17, 15) is 21.9 Å². The number of benzene rings is 1. The quantitative estimate of drug-likeness (QED) is 0.262. The van der Waals surface area contributed by atoms with E-state index in [-0.39, 0.29) is 29.0 Å². The van der Waals surface area contributed by atoms with Crippen molar-refractivity contribution in [3.05, 3.63) is 47.2 Å². The molecule has 0 radical (unpaired) electrons. The molecule has 4 N–H and O–H groups in total. The lowest BCUT2D eigenvalue weighted by molar-refractivity contribution is -0.0312. The lowest BCUT2D eigenvalue weighted by atomic mass is 9.88. The molecule has 5 rings (SSSR count). The average Bonchev–Trinajstić information content (AvgIpc) is 3.50. The first-order valence-corrected chi connectivity index (χ1v) is 16.6. The molecule has 15 heteroatoms. The molecule has 2 atom stereocenters. The molecule has 2 aliphatic rings. The van der Waals surface area contributed by atoms with Crippen molar-refractivity contribution in [2.45, 2.75) is 53.7 Å². The molecule has 0 bridgehead atoms. The first-order valence-electron chi connectivity index (χ1n) is 13.3. The number of aryl methyl sites for hydroxylation is 1. The van der Waals surface area contributed by atoms with E-state index in [0.717, 1.165) is 5.69 Å². The van der Waals surface area contributed by atoms with Crippen LogP contribution in [0.3, 0.4) is 0 Å². The minimum absolute atomic E-state index is 0.00230. The summed E-state index contributed by atoms with van der Waals surface area (Å²) in [4.78, 5) is 7.49. The molecular weight excluding hydrogens is 594 g/mol. The zero-order chi connectivity index (χ0) is 29.4. The Morgan fingerprint density at radius 1 is 1.24 bits per heavy atom. The number of nitrogens with zero attached hydrogens (tertiary/aromatic N) is 2. The van der Waals surface area contributed by atoms with Gasteiger partial charge in [0.25, 0.3) is 0 Å². The Labute approximate surface area is 244 Å². The Morgan fingerprint density at radius 2 is 2.00 bits per heavy atom. The Morgan fingerprint density at radius 3 is 2.73 bits per heavy atom. The Balaban J connectivity index is 1.10. The Hall–Kier alpha value is -2.30. The standard InChI is InChI=1S/C26H34ClN5O7S2/c1-17-24(27)23-11-22(14-30-25(23)31-17)41(36,37)32-8-6-26(7-9-32)12-18(15-39-26)29-13-19(33)16-38-20-4-3-5-21(10-20)40(34,35)28-2/h3-5,10-11,14,18-19,28-29,33H,6-9,12-13,15-16H2,1-2H3,(H,30,31). The van der Waals surface area contributed by atoms with E-state index < -0.39 is 31.8 Å². The minimum atomic E-state index is -3.74. The zero-order valence-electron chi connectivity index (χ0n) is 22.8. The normalized spacial score (nSPS) is 20.5. The number of fused-ring (bicyclic) bond motifs is 1. The summed E-state index contributed by atoms with van der Waals surface area (Å²) in [6, 6.07) is 7.63. The lowest BCUT2D eigenvalue weighted by Gasteiger charge is -2.38. The van der Waals surface area contributed by atoms with Gasteiger partial charge in [0.2, 0.25) is 20.0 Å². The van der Waals surface area contributed by atoms with Crippen LogP contribution in [0.25, 0.3) is 11.0 Å². The van der Waals surface area contributed by atoms with Gasteiger partial charge in [0, 0.05) is 49.0 Å². The number of piperidine rings is 1. The second kappa shape index (κ2) is 11.8. The summed E-state index contributed by atoms with van der Waals surface area (Å²) in [6.45, 7) is 3.15. The minimum Gasteiger partial charge on any atom is -0.491 e. The third-order valence-electron chi connectivity index (χ3n) is 7.68. The average molecular weight is 628 g/mol. The number of aliphatic hydroxyl groups is 1. The van der Waals surface area contributed by atoms with Crippen molar-refractivity contribution in [2.75, 3.05) is 39.9 Å². The van der Waals surface area contributed by atoms with Crippen LogP contribution >= 0.6 is 11.6 Å². The SMILES string of the molecule is CNS(=O)(=O)c1cccc(OCC(O)CNC2COC3(CCN(S(=O)(=O)c4cnc5[nH]c(C)c(Cl)c5c4)CC3)C2)c1. The van der Waals surface area contributed by atoms with E-state index in [0.29, 0.717) is 60.8 Å². The van der Waals surface area contributed by atoms with Crippen LogP contribution in [0.4, 0.5) is 0 Å². The maximum absolute atomic E-state index is 13.3. The molecule has 1 aromatic carbocycles. The number of aliphatic hydroxyl groups excluding tert-OH is 1. The van der Waals surface area contributed by atoms with Crippen LogP contribution < -0.4 is 14.8 Å². The summed E-state index contributed by atoms with van der Waals surface area (Å²) in [5.74, 6) is 0.340. The maximum atomic E-state index is 13.3. The number of rotatable bonds is 10. The van der Waals surface area contributed by atoms with Crippen molar-refractivity contribution in [1.29, 1.82) is 0 Å². The number of pyridine rings is 1. The summed E-state index contributed by atoms with van der Waals surface area (Å²) >= 11 is 6.31. The van der Waals surface area contributed by atoms with E-state index in [1.54, 1.807) is 18.2 Å². The van der Waals surface area contributed by atoms with Crippen LogP contribution in [-0.4, -0.2) is 93.9 Å². The molecule has 3 aromatic rings. The summed E-state index contributed by atoms with van der Waals surface area (Å²) in [5, 5.41) is 14.8. The van der Waals surface area contributed by atoms with Gasteiger partial charge < -0.3 is 24.9 Å². The fraction of sp³-hybridized carbons (Fsp3) is 0.500. The van der Waals surface area contributed by atoms with Gasteiger partial charge in [0.1, 0.15) is 29.0 Å². The van der Waals surface area contributed by atoms with Gasteiger partial charge in [-0.05, 0) is 51.4 Å². The van der Waals surface area contributed by atoms with E-state index in [2.05, 4.69) is 20.0 Å². The number of nitrogens with one attached hydrogen (secondary N) is 3. The number of ether oxygens (including phenoxy) is 2. The van der Waals surface area contributed by atoms with Crippen LogP contribution in [0.1, 0.15) is 25.0 Å².